The van der Waals surface area contributed by atoms with E-state index in [-0.39, 0.29) is 0 Å². The molecule has 0 aliphatic rings. The van der Waals surface area contributed by atoms with Gasteiger partial charge in [0.1, 0.15) is 5.75 Å². The van der Waals surface area contributed by atoms with Crippen LogP contribution in [0.4, 0.5) is 5.69 Å². The molecule has 5 heteroatoms. The minimum atomic E-state index is -0.594. The number of aliphatic hydroxyl groups excluding tert-OH is 1. The van der Waals surface area contributed by atoms with Crippen molar-refractivity contribution in [3.8, 4) is 11.6 Å². The number of benzene rings is 1. The number of nitrogens with zero attached hydrogens (tertiary/aromatic N) is 1. The van der Waals surface area contributed by atoms with Gasteiger partial charge in [0, 0.05) is 12.6 Å². The molecule has 5 nitrogen and oxygen atoms in total. The highest BCUT2D eigenvalue weighted by Gasteiger charge is 2.07. The first-order valence-corrected chi connectivity index (χ1v) is 6.29. The van der Waals surface area contributed by atoms with Gasteiger partial charge >= 0.3 is 0 Å². The van der Waals surface area contributed by atoms with Crippen LogP contribution >= 0.6 is 0 Å². The van der Waals surface area contributed by atoms with Crippen LogP contribution in [0.25, 0.3) is 0 Å². The van der Waals surface area contributed by atoms with E-state index in [0.717, 1.165) is 17.0 Å². The van der Waals surface area contributed by atoms with Crippen LogP contribution < -0.4 is 14.8 Å². The molecular weight excluding hydrogens is 256 g/mol. The maximum atomic E-state index is 10.1. The van der Waals surface area contributed by atoms with Gasteiger partial charge in [-0.25, -0.2) is 4.98 Å². The molecule has 0 bridgehead atoms. The summed E-state index contributed by atoms with van der Waals surface area (Å²) in [7, 11) is 3.19. The van der Waals surface area contributed by atoms with Gasteiger partial charge in [-0.15, -0.1) is 0 Å². The van der Waals surface area contributed by atoms with Gasteiger partial charge in [-0.05, 0) is 23.8 Å². The standard InChI is InChI=1S/C15H18N2O3/c1-19-13-6-3-11(4-7-13)14(18)10-16-12-5-8-15(20-2)17-9-12/h3-9,14,16,18H,10H2,1-2H3. The van der Waals surface area contributed by atoms with Crippen molar-refractivity contribution in [2.24, 2.45) is 0 Å². The molecule has 2 N–H and O–H groups in total. The van der Waals surface area contributed by atoms with Crippen molar-refractivity contribution in [3.63, 3.8) is 0 Å². The maximum absolute atomic E-state index is 10.1. The number of ether oxygens (including phenoxy) is 2. The molecule has 106 valence electrons. The normalized spacial score (nSPS) is 11.8. The van der Waals surface area contributed by atoms with E-state index in [1.165, 1.54) is 0 Å². The molecule has 0 amide bonds. The summed E-state index contributed by atoms with van der Waals surface area (Å²) in [6, 6.07) is 11.0. The quantitative estimate of drug-likeness (QED) is 0.846. The summed E-state index contributed by atoms with van der Waals surface area (Å²) in [6.45, 7) is 0.403. The zero-order valence-electron chi connectivity index (χ0n) is 11.5. The first-order chi connectivity index (χ1) is 9.72. The largest absolute Gasteiger partial charge is 0.497 e. The summed E-state index contributed by atoms with van der Waals surface area (Å²) in [6.07, 6.45) is 1.07. The first-order valence-electron chi connectivity index (χ1n) is 6.29. The molecule has 1 aromatic heterocycles. The third-order valence-corrected chi connectivity index (χ3v) is 2.95. The Morgan fingerprint density at radius 2 is 1.85 bits per heavy atom. The van der Waals surface area contributed by atoms with Crippen molar-refractivity contribution >= 4 is 5.69 Å². The highest BCUT2D eigenvalue weighted by molar-refractivity contribution is 5.42. The average Bonchev–Trinajstić information content (AvgIpc) is 2.53. The van der Waals surface area contributed by atoms with Gasteiger partial charge in [0.05, 0.1) is 32.2 Å². The summed E-state index contributed by atoms with van der Waals surface area (Å²) >= 11 is 0. The Morgan fingerprint density at radius 3 is 2.40 bits per heavy atom. The number of aliphatic hydroxyl groups is 1. The molecule has 0 spiro atoms. The summed E-state index contributed by atoms with van der Waals surface area (Å²) in [4.78, 5) is 4.09. The van der Waals surface area contributed by atoms with Crippen molar-refractivity contribution in [1.29, 1.82) is 0 Å². The molecule has 20 heavy (non-hydrogen) atoms. The number of anilines is 1. The van der Waals surface area contributed by atoms with E-state index < -0.39 is 6.10 Å². The number of aromatic nitrogens is 1. The summed E-state index contributed by atoms with van der Waals surface area (Å²) in [5.41, 5.74) is 1.66. The van der Waals surface area contributed by atoms with Crippen molar-refractivity contribution in [3.05, 3.63) is 48.2 Å². The fraction of sp³-hybridized carbons (Fsp3) is 0.267. The second-order valence-corrected chi connectivity index (χ2v) is 4.26. The third-order valence-electron chi connectivity index (χ3n) is 2.95. The van der Waals surface area contributed by atoms with Gasteiger partial charge in [0.15, 0.2) is 0 Å². The first kappa shape index (κ1) is 14.1. The fourth-order valence-corrected chi connectivity index (χ4v) is 1.76. The average molecular weight is 274 g/mol. The lowest BCUT2D eigenvalue weighted by atomic mass is 10.1. The van der Waals surface area contributed by atoms with Crippen LogP contribution in [-0.2, 0) is 0 Å². The van der Waals surface area contributed by atoms with Gasteiger partial charge < -0.3 is 19.9 Å². The number of methoxy groups -OCH3 is 2. The Morgan fingerprint density at radius 1 is 1.10 bits per heavy atom. The molecule has 0 aliphatic carbocycles. The zero-order valence-corrected chi connectivity index (χ0v) is 11.5. The minimum absolute atomic E-state index is 0.403. The van der Waals surface area contributed by atoms with Crippen molar-refractivity contribution in [2.45, 2.75) is 6.10 Å². The van der Waals surface area contributed by atoms with E-state index in [1.807, 2.05) is 30.3 Å². The molecule has 2 rings (SSSR count). The summed E-state index contributed by atoms with van der Waals surface area (Å²) in [5, 5.41) is 13.2. The maximum Gasteiger partial charge on any atom is 0.213 e. The van der Waals surface area contributed by atoms with E-state index in [2.05, 4.69) is 10.3 Å². The van der Waals surface area contributed by atoms with Crippen LogP contribution in [-0.4, -0.2) is 30.9 Å². The fourth-order valence-electron chi connectivity index (χ4n) is 1.76. The Bertz CT molecular complexity index is 526. The van der Waals surface area contributed by atoms with Crippen molar-refractivity contribution < 1.29 is 14.6 Å². The lowest BCUT2D eigenvalue weighted by Crippen LogP contribution is -2.12. The second-order valence-electron chi connectivity index (χ2n) is 4.26. The topological polar surface area (TPSA) is 63.6 Å². The van der Waals surface area contributed by atoms with Gasteiger partial charge in [-0.2, -0.15) is 0 Å². The van der Waals surface area contributed by atoms with Crippen LogP contribution in [0.5, 0.6) is 11.6 Å². The van der Waals surface area contributed by atoms with Gasteiger partial charge in [-0.3, -0.25) is 0 Å². The Hall–Kier alpha value is -2.27. The molecule has 0 saturated heterocycles. The van der Waals surface area contributed by atoms with Gasteiger partial charge in [0.2, 0.25) is 5.88 Å². The molecule has 1 heterocycles. The number of rotatable bonds is 6. The molecule has 0 radical (unpaired) electrons. The predicted molar refractivity (Wildman–Crippen MR) is 77.2 cm³/mol. The minimum Gasteiger partial charge on any atom is -0.497 e. The molecular formula is C15H18N2O3. The van der Waals surface area contributed by atoms with Gasteiger partial charge in [0.25, 0.3) is 0 Å². The van der Waals surface area contributed by atoms with E-state index in [1.54, 1.807) is 26.5 Å². The SMILES string of the molecule is COc1ccc(C(O)CNc2ccc(OC)nc2)cc1. The second kappa shape index (κ2) is 6.77. The monoisotopic (exact) mass is 274 g/mol. The Labute approximate surface area is 118 Å². The number of hydrogen-bond donors (Lipinski definition) is 2. The lowest BCUT2D eigenvalue weighted by Gasteiger charge is -2.13. The molecule has 0 fully saturated rings. The smallest absolute Gasteiger partial charge is 0.213 e. The summed E-state index contributed by atoms with van der Waals surface area (Å²) < 4.78 is 10.1. The highest BCUT2D eigenvalue weighted by Crippen LogP contribution is 2.18. The number of hydrogen-bond acceptors (Lipinski definition) is 5. The summed E-state index contributed by atoms with van der Waals surface area (Å²) in [5.74, 6) is 1.33. The lowest BCUT2D eigenvalue weighted by molar-refractivity contribution is 0.191. The molecule has 1 aromatic carbocycles. The Balaban J connectivity index is 1.91. The molecule has 0 aliphatic heterocycles. The van der Waals surface area contributed by atoms with E-state index in [4.69, 9.17) is 9.47 Å². The Kier molecular flexibility index (Phi) is 4.79. The number of pyridine rings is 1. The van der Waals surface area contributed by atoms with Crippen LogP contribution in [0.1, 0.15) is 11.7 Å². The molecule has 1 unspecified atom stereocenters. The highest BCUT2D eigenvalue weighted by atomic mass is 16.5. The number of nitrogens with one attached hydrogen (secondary N) is 1. The van der Waals surface area contributed by atoms with Gasteiger partial charge in [-0.1, -0.05) is 12.1 Å². The third kappa shape index (κ3) is 3.61. The molecule has 1 atom stereocenters. The molecule has 0 saturated carbocycles. The van der Waals surface area contributed by atoms with Crippen LogP contribution in [0.2, 0.25) is 0 Å². The van der Waals surface area contributed by atoms with Crippen LogP contribution in [0, 0.1) is 0 Å². The predicted octanol–water partition coefficient (Wildman–Crippen LogP) is 2.24. The van der Waals surface area contributed by atoms with Crippen LogP contribution in [0.15, 0.2) is 42.6 Å². The van der Waals surface area contributed by atoms with E-state index in [9.17, 15) is 5.11 Å². The van der Waals surface area contributed by atoms with Crippen molar-refractivity contribution in [1.82, 2.24) is 4.98 Å². The van der Waals surface area contributed by atoms with E-state index in [0.29, 0.717) is 12.4 Å². The van der Waals surface area contributed by atoms with Crippen molar-refractivity contribution in [2.75, 3.05) is 26.1 Å². The molecule has 2 aromatic rings. The van der Waals surface area contributed by atoms with Crippen LogP contribution in [0.3, 0.4) is 0 Å². The zero-order chi connectivity index (χ0) is 14.4. The van der Waals surface area contributed by atoms with E-state index >= 15 is 0 Å².